The molecule has 0 fully saturated rings. The molecular formula is C9H22O9. The summed E-state index contributed by atoms with van der Waals surface area (Å²) in [4.78, 5) is 9.45. The van der Waals surface area contributed by atoms with Crippen LogP contribution in [0.15, 0.2) is 0 Å². The van der Waals surface area contributed by atoms with Gasteiger partial charge in [-0.1, -0.05) is 0 Å². The maximum Gasteiger partial charge on any atom is 0.332 e. The Bertz CT molecular complexity index is 155. The van der Waals surface area contributed by atoms with E-state index in [2.05, 4.69) is 0 Å². The number of carboxylic acids is 1. The maximum absolute atomic E-state index is 9.45. The molecule has 0 radical (unpaired) electrons. The van der Waals surface area contributed by atoms with Gasteiger partial charge in [-0.05, 0) is 6.92 Å². The Morgan fingerprint density at radius 3 is 1.00 bits per heavy atom. The van der Waals surface area contributed by atoms with Crippen LogP contribution in [0, 0.1) is 0 Å². The number of aliphatic hydroxyl groups is 7. The van der Waals surface area contributed by atoms with Gasteiger partial charge in [0.2, 0.25) is 0 Å². The number of hydrogen-bond acceptors (Lipinski definition) is 8. The van der Waals surface area contributed by atoms with Gasteiger partial charge in [0.05, 0.1) is 26.4 Å². The highest BCUT2D eigenvalue weighted by Crippen LogP contribution is 1.73. The first kappa shape index (κ1) is 22.4. The lowest BCUT2D eigenvalue weighted by molar-refractivity contribution is -0.145. The molecule has 1 unspecified atom stereocenters. The van der Waals surface area contributed by atoms with E-state index in [1.165, 1.54) is 6.92 Å². The van der Waals surface area contributed by atoms with Crippen LogP contribution in [0.1, 0.15) is 6.92 Å². The third-order valence-electron chi connectivity index (χ3n) is 1.20. The Labute approximate surface area is 104 Å². The molecule has 0 aliphatic carbocycles. The molecule has 18 heavy (non-hydrogen) atoms. The van der Waals surface area contributed by atoms with E-state index in [4.69, 9.17) is 40.9 Å². The van der Waals surface area contributed by atoms with E-state index in [1.54, 1.807) is 0 Å². The van der Waals surface area contributed by atoms with Gasteiger partial charge in [0.15, 0.2) is 0 Å². The number of aliphatic carboxylic acids is 1. The minimum Gasteiger partial charge on any atom is -0.479 e. The summed E-state index contributed by atoms with van der Waals surface area (Å²) in [7, 11) is 0. The Morgan fingerprint density at radius 1 is 0.833 bits per heavy atom. The third kappa shape index (κ3) is 24.4. The SMILES string of the molecule is CC(O)C(=O)O.OCC(O)CO.OCC(O)CO. The predicted octanol–water partition coefficient (Wildman–Crippen LogP) is -3.88. The number of carbonyl (C=O) groups is 1. The molecule has 0 rings (SSSR count). The molecule has 0 aliphatic heterocycles. The van der Waals surface area contributed by atoms with Crippen molar-refractivity contribution in [1.29, 1.82) is 0 Å². The van der Waals surface area contributed by atoms with Gasteiger partial charge in [0.1, 0.15) is 18.3 Å². The van der Waals surface area contributed by atoms with Crippen molar-refractivity contribution in [1.82, 2.24) is 0 Å². The molecule has 0 aliphatic rings. The molecule has 0 aromatic heterocycles. The van der Waals surface area contributed by atoms with Gasteiger partial charge < -0.3 is 40.9 Å². The molecule has 0 amide bonds. The molecule has 1 atom stereocenters. The molecule has 0 saturated carbocycles. The molecule has 0 bridgehead atoms. The average Bonchev–Trinajstić information content (AvgIpc) is 2.37. The Kier molecular flexibility index (Phi) is 20.1. The van der Waals surface area contributed by atoms with Crippen LogP contribution in [0.25, 0.3) is 0 Å². The summed E-state index contributed by atoms with van der Waals surface area (Å²) in [6, 6.07) is 0. The van der Waals surface area contributed by atoms with Crippen LogP contribution in [0.3, 0.4) is 0 Å². The lowest BCUT2D eigenvalue weighted by Gasteiger charge is -1.96. The zero-order valence-corrected chi connectivity index (χ0v) is 10.0. The van der Waals surface area contributed by atoms with Gasteiger partial charge in [-0.3, -0.25) is 0 Å². The molecule has 0 saturated heterocycles. The molecule has 112 valence electrons. The molecule has 0 aromatic rings. The van der Waals surface area contributed by atoms with Crippen molar-refractivity contribution in [3.8, 4) is 0 Å². The van der Waals surface area contributed by atoms with Gasteiger partial charge in [0.25, 0.3) is 0 Å². The van der Waals surface area contributed by atoms with Crippen LogP contribution in [0.5, 0.6) is 0 Å². The van der Waals surface area contributed by atoms with Gasteiger partial charge in [0, 0.05) is 0 Å². The van der Waals surface area contributed by atoms with E-state index in [1.807, 2.05) is 0 Å². The second kappa shape index (κ2) is 16.2. The minimum atomic E-state index is -1.23. The molecule has 8 N–H and O–H groups in total. The highest BCUT2D eigenvalue weighted by molar-refractivity contribution is 5.71. The second-order valence-corrected chi connectivity index (χ2v) is 3.05. The molecule has 9 nitrogen and oxygen atoms in total. The molecular weight excluding hydrogens is 252 g/mol. The van der Waals surface area contributed by atoms with Crippen LogP contribution in [0.2, 0.25) is 0 Å². The molecule has 0 spiro atoms. The summed E-state index contributed by atoms with van der Waals surface area (Å²) in [6.45, 7) is -0.262. The zero-order valence-electron chi connectivity index (χ0n) is 10.0. The maximum atomic E-state index is 9.45. The standard InChI is InChI=1S/2C3H8O3.C3H6O3/c2*4-1-3(6)2-5;1-2(4)3(5)6/h2*3-6H,1-2H2;2,4H,1H3,(H,5,6). The first-order valence-corrected chi connectivity index (χ1v) is 4.97. The van der Waals surface area contributed by atoms with Crippen molar-refractivity contribution >= 4 is 5.97 Å². The minimum absolute atomic E-state index is 0.365. The van der Waals surface area contributed by atoms with Gasteiger partial charge in [-0.25, -0.2) is 4.79 Å². The highest BCUT2D eigenvalue weighted by Gasteiger charge is 2.01. The van der Waals surface area contributed by atoms with E-state index in [9.17, 15) is 4.79 Å². The fourth-order valence-electron chi connectivity index (χ4n) is 0.115. The molecule has 0 aromatic carbocycles. The smallest absolute Gasteiger partial charge is 0.332 e. The quantitative estimate of drug-likeness (QED) is 0.249. The van der Waals surface area contributed by atoms with Crippen LogP contribution < -0.4 is 0 Å². The van der Waals surface area contributed by atoms with Crippen molar-refractivity contribution in [2.45, 2.75) is 25.2 Å². The van der Waals surface area contributed by atoms with E-state index in [0.717, 1.165) is 0 Å². The lowest BCUT2D eigenvalue weighted by Crippen LogP contribution is -2.15. The fourth-order valence-corrected chi connectivity index (χ4v) is 0.115. The lowest BCUT2D eigenvalue weighted by atomic mass is 10.4. The van der Waals surface area contributed by atoms with Crippen molar-refractivity contribution in [3.05, 3.63) is 0 Å². The summed E-state index contributed by atoms with van der Waals surface area (Å²) in [5.74, 6) is -1.19. The van der Waals surface area contributed by atoms with Crippen LogP contribution >= 0.6 is 0 Å². The summed E-state index contributed by atoms with van der Waals surface area (Å²) < 4.78 is 0. The van der Waals surface area contributed by atoms with Crippen molar-refractivity contribution in [2.75, 3.05) is 26.4 Å². The zero-order chi connectivity index (χ0) is 15.1. The Hall–Kier alpha value is -0.810. The van der Waals surface area contributed by atoms with Gasteiger partial charge >= 0.3 is 5.97 Å². The number of carboxylic acid groups (broad SMARTS) is 1. The topological polar surface area (TPSA) is 179 Å². The monoisotopic (exact) mass is 274 g/mol. The summed E-state index contributed by atoms with van der Waals surface area (Å²) in [5, 5.41) is 63.8. The van der Waals surface area contributed by atoms with Gasteiger partial charge in [-0.2, -0.15) is 0 Å². The Balaban J connectivity index is -0.000000187. The van der Waals surface area contributed by atoms with E-state index in [-0.39, 0.29) is 26.4 Å². The first-order chi connectivity index (χ1) is 8.26. The third-order valence-corrected chi connectivity index (χ3v) is 1.20. The summed E-state index contributed by atoms with van der Waals surface area (Å²) >= 11 is 0. The van der Waals surface area contributed by atoms with E-state index >= 15 is 0 Å². The largest absolute Gasteiger partial charge is 0.479 e. The fraction of sp³-hybridized carbons (Fsp3) is 0.889. The van der Waals surface area contributed by atoms with E-state index in [0.29, 0.717) is 0 Å². The van der Waals surface area contributed by atoms with Crippen molar-refractivity contribution in [3.63, 3.8) is 0 Å². The molecule has 9 heteroatoms. The average molecular weight is 274 g/mol. The predicted molar refractivity (Wildman–Crippen MR) is 59.7 cm³/mol. The summed E-state index contributed by atoms with van der Waals surface area (Å²) in [5.41, 5.74) is 0. The van der Waals surface area contributed by atoms with Crippen molar-refractivity contribution < 1.29 is 45.6 Å². The number of hydrogen-bond donors (Lipinski definition) is 8. The van der Waals surface area contributed by atoms with Crippen LogP contribution in [-0.4, -0.2) is 91.6 Å². The van der Waals surface area contributed by atoms with Crippen LogP contribution in [0.4, 0.5) is 0 Å². The Morgan fingerprint density at radius 2 is 1.00 bits per heavy atom. The molecule has 0 heterocycles. The normalized spacial score (nSPS) is 11.2. The number of aliphatic hydroxyl groups excluding tert-OH is 7. The first-order valence-electron chi connectivity index (χ1n) is 4.97. The second-order valence-electron chi connectivity index (χ2n) is 3.05. The van der Waals surface area contributed by atoms with E-state index < -0.39 is 24.3 Å². The van der Waals surface area contributed by atoms with Crippen molar-refractivity contribution in [2.24, 2.45) is 0 Å². The summed E-state index contributed by atoms with van der Waals surface area (Å²) in [6.07, 6.45) is -3.14. The number of rotatable bonds is 5. The highest BCUT2D eigenvalue weighted by atomic mass is 16.4. The van der Waals surface area contributed by atoms with Crippen LogP contribution in [-0.2, 0) is 4.79 Å². The van der Waals surface area contributed by atoms with Gasteiger partial charge in [-0.15, -0.1) is 0 Å².